The number of ether oxygens (including phenoxy) is 1. The highest BCUT2D eigenvalue weighted by molar-refractivity contribution is 7.99. The van der Waals surface area contributed by atoms with Crippen molar-refractivity contribution in [1.29, 1.82) is 0 Å². The van der Waals surface area contributed by atoms with Crippen LogP contribution in [-0.4, -0.2) is 23.8 Å². The first kappa shape index (κ1) is 20.3. The molecule has 1 amide bonds. The monoisotopic (exact) mass is 416 g/mol. The zero-order valence-corrected chi connectivity index (χ0v) is 17.5. The van der Waals surface area contributed by atoms with Crippen molar-refractivity contribution in [2.75, 3.05) is 18.2 Å². The van der Waals surface area contributed by atoms with Crippen molar-refractivity contribution in [2.24, 2.45) is 0 Å². The fourth-order valence-corrected chi connectivity index (χ4v) is 4.10. The van der Waals surface area contributed by atoms with Gasteiger partial charge in [0.1, 0.15) is 5.75 Å². The average molecular weight is 417 g/mol. The number of aryl methyl sites for hydroxylation is 2. The van der Waals surface area contributed by atoms with Crippen LogP contribution >= 0.6 is 23.4 Å². The molecule has 3 aromatic rings. The molecule has 2 aromatic carbocycles. The Balaban J connectivity index is 1.62. The minimum atomic E-state index is -0.138. The van der Waals surface area contributed by atoms with E-state index in [1.165, 1.54) is 18.9 Å². The molecule has 0 radical (unpaired) electrons. The minimum absolute atomic E-state index is 0.000763. The number of hydrogen-bond acceptors (Lipinski definition) is 4. The van der Waals surface area contributed by atoms with E-state index < -0.39 is 0 Å². The molecule has 7 heteroatoms. The molecule has 1 heterocycles. The zero-order chi connectivity index (χ0) is 20.3. The summed E-state index contributed by atoms with van der Waals surface area (Å²) in [7, 11) is 1.54. The highest BCUT2D eigenvalue weighted by Crippen LogP contribution is 2.27. The van der Waals surface area contributed by atoms with Gasteiger partial charge in [0, 0.05) is 28.6 Å². The molecule has 5 nitrogen and oxygen atoms in total. The van der Waals surface area contributed by atoms with Gasteiger partial charge < -0.3 is 15.0 Å². The number of aromatic nitrogens is 1. The number of rotatable bonds is 6. The van der Waals surface area contributed by atoms with Crippen molar-refractivity contribution in [3.63, 3.8) is 0 Å². The van der Waals surface area contributed by atoms with Gasteiger partial charge in [-0.05, 0) is 49.2 Å². The van der Waals surface area contributed by atoms with Gasteiger partial charge in [0.25, 0.3) is 0 Å². The van der Waals surface area contributed by atoms with E-state index >= 15 is 0 Å². The number of carbonyl (C=O) groups excluding carboxylic acids is 1. The number of halogens is 1. The van der Waals surface area contributed by atoms with Crippen molar-refractivity contribution in [1.82, 2.24) is 4.98 Å². The highest BCUT2D eigenvalue weighted by Gasteiger charge is 2.09. The van der Waals surface area contributed by atoms with Crippen LogP contribution in [0.1, 0.15) is 16.8 Å². The number of anilines is 1. The second-order valence-corrected chi connectivity index (χ2v) is 7.95. The summed E-state index contributed by atoms with van der Waals surface area (Å²) < 4.78 is 5.10. The standard InChI is InChI=1S/C21H21ClN2O3S/c1-12-6-13(2)21-17(7-12)23-15(9-18(21)25)10-28-11-20(26)24-14-4-5-19(27-3)16(22)8-14/h4-9H,10-11H2,1-3H3,(H,23,25)(H,24,26). The second-order valence-electron chi connectivity index (χ2n) is 6.55. The van der Waals surface area contributed by atoms with Crippen molar-refractivity contribution in [2.45, 2.75) is 19.6 Å². The lowest BCUT2D eigenvalue weighted by Crippen LogP contribution is -2.14. The Bertz CT molecular complexity index is 1090. The molecule has 0 atom stereocenters. The summed E-state index contributed by atoms with van der Waals surface area (Å²) >= 11 is 7.50. The van der Waals surface area contributed by atoms with E-state index in [1.807, 2.05) is 26.0 Å². The molecular formula is C21H21ClN2O3S. The third-order valence-electron chi connectivity index (χ3n) is 4.25. The Kier molecular flexibility index (Phi) is 6.31. The predicted octanol–water partition coefficient (Wildman–Crippen LogP) is 4.68. The van der Waals surface area contributed by atoms with Gasteiger partial charge in [0.2, 0.25) is 5.91 Å². The maximum absolute atomic E-state index is 12.4. The van der Waals surface area contributed by atoms with Crippen molar-refractivity contribution in [3.8, 4) is 5.75 Å². The number of benzene rings is 2. The highest BCUT2D eigenvalue weighted by atomic mass is 35.5. The number of pyridine rings is 1. The fraction of sp³-hybridized carbons (Fsp3) is 0.238. The van der Waals surface area contributed by atoms with Crippen LogP contribution in [0.3, 0.4) is 0 Å². The van der Waals surface area contributed by atoms with Crippen LogP contribution in [-0.2, 0) is 10.5 Å². The summed E-state index contributed by atoms with van der Waals surface area (Å²) in [5, 5.41) is 3.96. The van der Waals surface area contributed by atoms with Crippen molar-refractivity contribution >= 4 is 45.9 Å². The van der Waals surface area contributed by atoms with Crippen LogP contribution in [0.4, 0.5) is 5.69 Å². The molecule has 0 unspecified atom stereocenters. The van der Waals surface area contributed by atoms with Crippen LogP contribution < -0.4 is 15.5 Å². The lowest BCUT2D eigenvalue weighted by atomic mass is 10.1. The summed E-state index contributed by atoms with van der Waals surface area (Å²) in [5.74, 6) is 1.21. The molecule has 146 valence electrons. The third kappa shape index (κ3) is 4.69. The van der Waals surface area contributed by atoms with Crippen LogP contribution in [0.2, 0.25) is 5.02 Å². The summed E-state index contributed by atoms with van der Waals surface area (Å²) in [4.78, 5) is 27.9. The molecule has 1 aromatic heterocycles. The SMILES string of the molecule is COc1ccc(NC(=O)CSCc2cc(=O)c3c(C)cc(C)cc3[nH]2)cc1Cl. The van der Waals surface area contributed by atoms with Crippen molar-refractivity contribution in [3.05, 3.63) is 68.5 Å². The van der Waals surface area contributed by atoms with Gasteiger partial charge in [-0.3, -0.25) is 9.59 Å². The summed E-state index contributed by atoms with van der Waals surface area (Å²) in [5.41, 5.74) is 4.31. The maximum atomic E-state index is 12.4. The van der Waals surface area contributed by atoms with E-state index in [9.17, 15) is 9.59 Å². The Morgan fingerprint density at radius 3 is 2.71 bits per heavy atom. The van der Waals surface area contributed by atoms with Gasteiger partial charge in [0.15, 0.2) is 5.43 Å². The Hall–Kier alpha value is -2.44. The second kappa shape index (κ2) is 8.71. The smallest absolute Gasteiger partial charge is 0.234 e. The van der Waals surface area contributed by atoms with Gasteiger partial charge in [0.05, 0.1) is 23.4 Å². The first-order valence-corrected chi connectivity index (χ1v) is 10.2. The predicted molar refractivity (Wildman–Crippen MR) is 117 cm³/mol. The number of methoxy groups -OCH3 is 1. The number of aromatic amines is 1. The fourth-order valence-electron chi connectivity index (χ4n) is 3.11. The number of thioether (sulfide) groups is 1. The molecule has 0 aliphatic rings. The van der Waals surface area contributed by atoms with Gasteiger partial charge in [-0.25, -0.2) is 0 Å². The number of H-pyrrole nitrogens is 1. The number of hydrogen-bond donors (Lipinski definition) is 2. The Morgan fingerprint density at radius 2 is 2.00 bits per heavy atom. The molecular weight excluding hydrogens is 396 g/mol. The lowest BCUT2D eigenvalue weighted by molar-refractivity contribution is -0.113. The van der Waals surface area contributed by atoms with E-state index in [0.29, 0.717) is 27.6 Å². The minimum Gasteiger partial charge on any atom is -0.495 e. The Labute approximate surface area is 172 Å². The third-order valence-corrected chi connectivity index (χ3v) is 5.53. The van der Waals surface area contributed by atoms with Gasteiger partial charge in [-0.1, -0.05) is 17.7 Å². The van der Waals surface area contributed by atoms with Crippen LogP contribution in [0.15, 0.2) is 41.2 Å². The lowest BCUT2D eigenvalue weighted by Gasteiger charge is -2.09. The number of fused-ring (bicyclic) bond motifs is 1. The topological polar surface area (TPSA) is 71.2 Å². The normalized spacial score (nSPS) is 10.9. The molecule has 0 fully saturated rings. The molecule has 2 N–H and O–H groups in total. The molecule has 0 bridgehead atoms. The zero-order valence-electron chi connectivity index (χ0n) is 15.9. The molecule has 3 rings (SSSR count). The Morgan fingerprint density at radius 1 is 1.21 bits per heavy atom. The molecule has 0 aliphatic heterocycles. The molecule has 0 spiro atoms. The van der Waals surface area contributed by atoms with E-state index in [-0.39, 0.29) is 17.1 Å². The van der Waals surface area contributed by atoms with Crippen molar-refractivity contribution < 1.29 is 9.53 Å². The van der Waals surface area contributed by atoms with E-state index in [0.717, 1.165) is 22.3 Å². The number of nitrogens with one attached hydrogen (secondary N) is 2. The van der Waals surface area contributed by atoms with Crippen LogP contribution in [0.25, 0.3) is 10.9 Å². The van der Waals surface area contributed by atoms with Gasteiger partial charge in [-0.2, -0.15) is 0 Å². The first-order chi connectivity index (χ1) is 13.4. The molecule has 0 aliphatic carbocycles. The van der Waals surface area contributed by atoms with E-state index in [1.54, 1.807) is 24.3 Å². The van der Waals surface area contributed by atoms with Gasteiger partial charge in [-0.15, -0.1) is 11.8 Å². The number of amides is 1. The largest absolute Gasteiger partial charge is 0.495 e. The summed E-state index contributed by atoms with van der Waals surface area (Å²) in [6, 6.07) is 10.7. The van der Waals surface area contributed by atoms with Crippen LogP contribution in [0.5, 0.6) is 5.75 Å². The van der Waals surface area contributed by atoms with E-state index in [2.05, 4.69) is 10.3 Å². The molecule has 28 heavy (non-hydrogen) atoms. The quantitative estimate of drug-likeness (QED) is 0.612. The first-order valence-electron chi connectivity index (χ1n) is 8.71. The number of carbonyl (C=O) groups is 1. The van der Waals surface area contributed by atoms with Crippen LogP contribution in [0, 0.1) is 13.8 Å². The maximum Gasteiger partial charge on any atom is 0.234 e. The van der Waals surface area contributed by atoms with Gasteiger partial charge >= 0.3 is 0 Å². The molecule has 0 saturated carbocycles. The molecule has 0 saturated heterocycles. The summed E-state index contributed by atoms with van der Waals surface area (Å²) in [6.45, 7) is 3.94. The van der Waals surface area contributed by atoms with E-state index in [4.69, 9.17) is 16.3 Å². The summed E-state index contributed by atoms with van der Waals surface area (Å²) in [6.07, 6.45) is 0. The average Bonchev–Trinajstić information content (AvgIpc) is 2.61.